The molecule has 112 valence electrons. The molecule has 1 aromatic heterocycles. The lowest BCUT2D eigenvalue weighted by Crippen LogP contribution is -2.24. The highest BCUT2D eigenvalue weighted by atomic mass is 32.2. The minimum absolute atomic E-state index is 0.209. The van der Waals surface area contributed by atoms with Crippen molar-refractivity contribution in [3.63, 3.8) is 0 Å². The van der Waals surface area contributed by atoms with E-state index in [0.717, 1.165) is 22.7 Å². The van der Waals surface area contributed by atoms with Crippen molar-refractivity contribution in [3.8, 4) is 0 Å². The molecule has 0 bridgehead atoms. The fraction of sp³-hybridized carbons (Fsp3) is 0.429. The molecule has 7 heteroatoms. The van der Waals surface area contributed by atoms with Crippen LogP contribution < -0.4 is 0 Å². The second-order valence-electron chi connectivity index (χ2n) is 5.50. The van der Waals surface area contributed by atoms with E-state index in [0.29, 0.717) is 5.89 Å². The van der Waals surface area contributed by atoms with Crippen molar-refractivity contribution in [1.29, 1.82) is 0 Å². The average molecular weight is 307 g/mol. The highest BCUT2D eigenvalue weighted by Gasteiger charge is 2.50. The van der Waals surface area contributed by atoms with Crippen molar-refractivity contribution >= 4 is 10.0 Å². The quantitative estimate of drug-likeness (QED) is 0.837. The summed E-state index contributed by atoms with van der Waals surface area (Å²) in [5.74, 6) is 0.479. The molecule has 1 fully saturated rings. The van der Waals surface area contributed by atoms with Crippen LogP contribution in [-0.4, -0.2) is 37.0 Å². The van der Waals surface area contributed by atoms with Crippen LogP contribution in [0.25, 0.3) is 0 Å². The number of nitrogens with zero attached hydrogens (tertiary/aromatic N) is 3. The van der Waals surface area contributed by atoms with Crippen molar-refractivity contribution in [1.82, 2.24) is 14.4 Å². The van der Waals surface area contributed by atoms with Crippen molar-refractivity contribution in [2.45, 2.75) is 24.0 Å². The molecule has 0 aliphatic heterocycles. The zero-order chi connectivity index (χ0) is 15.1. The van der Waals surface area contributed by atoms with Gasteiger partial charge in [0.05, 0.1) is 5.41 Å². The minimum atomic E-state index is -3.38. The Morgan fingerprint density at radius 3 is 2.48 bits per heavy atom. The Labute approximate surface area is 123 Å². The molecule has 0 amide bonds. The molecule has 0 N–H and O–H groups in total. The average Bonchev–Trinajstić information content (AvgIpc) is 3.14. The van der Waals surface area contributed by atoms with Gasteiger partial charge in [-0.25, -0.2) is 12.7 Å². The SMILES string of the molecule is CN(C)S(=O)(=O)Cc1noc(C2(c3ccccc3)CC2)n1. The summed E-state index contributed by atoms with van der Waals surface area (Å²) in [6.45, 7) is 0. The van der Waals surface area contributed by atoms with Crippen LogP contribution in [0.5, 0.6) is 0 Å². The molecule has 21 heavy (non-hydrogen) atoms. The van der Waals surface area contributed by atoms with Gasteiger partial charge in [0.15, 0.2) is 5.82 Å². The molecule has 1 aliphatic carbocycles. The predicted molar refractivity (Wildman–Crippen MR) is 77.1 cm³/mol. The first-order chi connectivity index (χ1) is 9.94. The van der Waals surface area contributed by atoms with E-state index in [9.17, 15) is 8.42 Å². The molecule has 0 radical (unpaired) electrons. The van der Waals surface area contributed by atoms with Crippen LogP contribution in [0, 0.1) is 0 Å². The lowest BCUT2D eigenvalue weighted by atomic mass is 9.96. The number of aromatic nitrogens is 2. The maximum Gasteiger partial charge on any atom is 0.237 e. The maximum atomic E-state index is 11.8. The van der Waals surface area contributed by atoms with Gasteiger partial charge in [0.1, 0.15) is 5.75 Å². The molecule has 6 nitrogen and oxygen atoms in total. The molecule has 1 heterocycles. The summed E-state index contributed by atoms with van der Waals surface area (Å²) in [5, 5.41) is 3.82. The first kappa shape index (κ1) is 14.2. The van der Waals surface area contributed by atoms with Crippen molar-refractivity contribution in [3.05, 3.63) is 47.6 Å². The van der Waals surface area contributed by atoms with E-state index in [1.807, 2.05) is 30.3 Å². The monoisotopic (exact) mass is 307 g/mol. The van der Waals surface area contributed by atoms with Crippen molar-refractivity contribution in [2.24, 2.45) is 0 Å². The van der Waals surface area contributed by atoms with Crippen LogP contribution in [0.3, 0.4) is 0 Å². The Morgan fingerprint density at radius 2 is 1.90 bits per heavy atom. The van der Waals surface area contributed by atoms with Crippen LogP contribution in [0.1, 0.15) is 30.1 Å². The van der Waals surface area contributed by atoms with Gasteiger partial charge in [-0.1, -0.05) is 35.5 Å². The molecule has 0 atom stereocenters. The molecule has 3 rings (SSSR count). The fourth-order valence-corrected chi connectivity index (χ4v) is 3.01. The van der Waals surface area contributed by atoms with Gasteiger partial charge in [0, 0.05) is 14.1 Å². The van der Waals surface area contributed by atoms with Crippen LogP contribution >= 0.6 is 0 Å². The second-order valence-corrected chi connectivity index (χ2v) is 7.69. The second kappa shape index (κ2) is 4.92. The lowest BCUT2D eigenvalue weighted by molar-refractivity contribution is 0.356. The molecule has 0 spiro atoms. The fourth-order valence-electron chi connectivity index (χ4n) is 2.31. The Morgan fingerprint density at radius 1 is 1.24 bits per heavy atom. The van der Waals surface area contributed by atoms with Crippen LogP contribution in [0.15, 0.2) is 34.9 Å². The summed E-state index contributed by atoms with van der Waals surface area (Å²) < 4.78 is 30.2. The van der Waals surface area contributed by atoms with Crippen LogP contribution in [0.2, 0.25) is 0 Å². The number of hydrogen-bond donors (Lipinski definition) is 0. The topological polar surface area (TPSA) is 76.3 Å². The van der Waals surface area contributed by atoms with E-state index in [1.165, 1.54) is 14.1 Å². The van der Waals surface area contributed by atoms with Gasteiger partial charge in [0.2, 0.25) is 15.9 Å². The van der Waals surface area contributed by atoms with E-state index in [-0.39, 0.29) is 17.0 Å². The number of rotatable bonds is 5. The molecule has 1 aliphatic rings. The van der Waals surface area contributed by atoms with Gasteiger partial charge in [-0.05, 0) is 18.4 Å². The predicted octanol–water partition coefficient (Wildman–Crippen LogP) is 1.54. The summed E-state index contributed by atoms with van der Waals surface area (Å²) in [4.78, 5) is 4.30. The van der Waals surface area contributed by atoms with E-state index in [1.54, 1.807) is 0 Å². The van der Waals surface area contributed by atoms with Gasteiger partial charge >= 0.3 is 0 Å². The van der Waals surface area contributed by atoms with Crippen molar-refractivity contribution in [2.75, 3.05) is 14.1 Å². The van der Waals surface area contributed by atoms with E-state index in [2.05, 4.69) is 10.1 Å². The van der Waals surface area contributed by atoms with Gasteiger partial charge < -0.3 is 4.52 Å². The summed E-state index contributed by atoms with van der Waals surface area (Å²) >= 11 is 0. The molecule has 2 aromatic rings. The smallest absolute Gasteiger partial charge is 0.237 e. The first-order valence-electron chi connectivity index (χ1n) is 6.73. The highest BCUT2D eigenvalue weighted by Crippen LogP contribution is 2.52. The Balaban J connectivity index is 1.87. The number of sulfonamides is 1. The zero-order valence-corrected chi connectivity index (χ0v) is 12.8. The van der Waals surface area contributed by atoms with E-state index in [4.69, 9.17) is 4.52 Å². The molecular weight excluding hydrogens is 290 g/mol. The summed E-state index contributed by atoms with van der Waals surface area (Å²) in [5.41, 5.74) is 0.907. The van der Waals surface area contributed by atoms with Crippen molar-refractivity contribution < 1.29 is 12.9 Å². The standard InChI is InChI=1S/C14H17N3O3S/c1-17(2)21(18,19)10-12-15-13(20-16-12)14(8-9-14)11-6-4-3-5-7-11/h3-7H,8-10H2,1-2H3. The number of benzene rings is 1. The van der Waals surface area contributed by atoms with E-state index < -0.39 is 10.0 Å². The largest absolute Gasteiger partial charge is 0.338 e. The van der Waals surface area contributed by atoms with Gasteiger partial charge in [-0.15, -0.1) is 0 Å². The molecule has 0 saturated heterocycles. The normalized spacial score (nSPS) is 17.1. The zero-order valence-electron chi connectivity index (χ0n) is 12.0. The van der Waals surface area contributed by atoms with Crippen LogP contribution in [0.4, 0.5) is 0 Å². The van der Waals surface area contributed by atoms with Gasteiger partial charge in [0.25, 0.3) is 0 Å². The first-order valence-corrected chi connectivity index (χ1v) is 8.34. The third-order valence-corrected chi connectivity index (χ3v) is 5.56. The Hall–Kier alpha value is -1.73. The Kier molecular flexibility index (Phi) is 3.33. The van der Waals surface area contributed by atoms with Crippen LogP contribution in [-0.2, 0) is 21.2 Å². The molecule has 0 unspecified atom stereocenters. The Bertz CT molecular complexity index is 734. The molecule has 1 aromatic carbocycles. The van der Waals surface area contributed by atoms with Gasteiger partial charge in [-0.3, -0.25) is 0 Å². The maximum absolute atomic E-state index is 11.8. The molecular formula is C14H17N3O3S. The molecule has 1 saturated carbocycles. The van der Waals surface area contributed by atoms with E-state index >= 15 is 0 Å². The third kappa shape index (κ3) is 2.58. The summed E-state index contributed by atoms with van der Waals surface area (Å²) in [7, 11) is -0.402. The third-order valence-electron chi connectivity index (χ3n) is 3.82. The van der Waals surface area contributed by atoms with Gasteiger partial charge in [-0.2, -0.15) is 4.98 Å². The summed E-state index contributed by atoms with van der Waals surface area (Å²) in [6.07, 6.45) is 1.89. The lowest BCUT2D eigenvalue weighted by Gasteiger charge is -2.10. The number of hydrogen-bond acceptors (Lipinski definition) is 5. The highest BCUT2D eigenvalue weighted by molar-refractivity contribution is 7.88. The minimum Gasteiger partial charge on any atom is -0.338 e. The summed E-state index contributed by atoms with van der Waals surface area (Å²) in [6, 6.07) is 9.98.